The van der Waals surface area contributed by atoms with Gasteiger partial charge in [0, 0.05) is 51.6 Å². The fraction of sp³-hybridized carbons (Fsp3) is 0.588. The molecule has 0 bridgehead atoms. The third kappa shape index (κ3) is 5.49. The predicted octanol–water partition coefficient (Wildman–Crippen LogP) is 0.496. The fourth-order valence-corrected chi connectivity index (χ4v) is 2.75. The van der Waals surface area contributed by atoms with Crippen LogP contribution in [0, 0.1) is 5.92 Å². The summed E-state index contributed by atoms with van der Waals surface area (Å²) in [4.78, 5) is 31.7. The lowest BCUT2D eigenvalue weighted by molar-refractivity contribution is -0.128. The minimum Gasteiger partial charge on any atom is -0.396 e. The van der Waals surface area contributed by atoms with Crippen LogP contribution in [-0.4, -0.2) is 71.7 Å². The summed E-state index contributed by atoms with van der Waals surface area (Å²) in [6, 6.07) is 5.46. The number of carbonyl (C=O) groups excluding carboxylic acids is 2. The number of aliphatic hydroxyl groups is 1. The molecule has 132 valence electrons. The Bertz CT molecular complexity index is 538. The second-order valence-electron chi connectivity index (χ2n) is 6.18. The number of hydrogen-bond donors (Lipinski definition) is 2. The first-order valence-corrected chi connectivity index (χ1v) is 8.37. The van der Waals surface area contributed by atoms with Crippen molar-refractivity contribution in [2.24, 2.45) is 5.92 Å². The Morgan fingerprint density at radius 1 is 1.46 bits per heavy atom. The summed E-state index contributed by atoms with van der Waals surface area (Å²) in [5.41, 5.74) is 0.935. The zero-order valence-corrected chi connectivity index (χ0v) is 14.1. The highest BCUT2D eigenvalue weighted by atomic mass is 16.3. The van der Waals surface area contributed by atoms with Crippen LogP contribution < -0.4 is 5.32 Å². The molecule has 1 fully saturated rings. The van der Waals surface area contributed by atoms with E-state index in [1.54, 1.807) is 23.0 Å². The monoisotopic (exact) mass is 334 g/mol. The lowest BCUT2D eigenvalue weighted by Crippen LogP contribution is -2.48. The van der Waals surface area contributed by atoms with E-state index in [-0.39, 0.29) is 31.0 Å². The molecule has 0 aliphatic carbocycles. The predicted molar refractivity (Wildman–Crippen MR) is 90.4 cm³/mol. The first-order valence-electron chi connectivity index (χ1n) is 8.37. The Kier molecular flexibility index (Phi) is 6.99. The van der Waals surface area contributed by atoms with Crippen molar-refractivity contribution in [3.8, 4) is 0 Å². The number of likely N-dealkylation sites (N-methyl/N-ethyl adjacent to an activating group) is 1. The van der Waals surface area contributed by atoms with E-state index in [4.69, 9.17) is 0 Å². The minimum absolute atomic E-state index is 0.0160. The number of hydrogen-bond acceptors (Lipinski definition) is 4. The van der Waals surface area contributed by atoms with Gasteiger partial charge in [0.25, 0.3) is 0 Å². The van der Waals surface area contributed by atoms with Crippen molar-refractivity contribution in [3.63, 3.8) is 0 Å². The molecule has 7 nitrogen and oxygen atoms in total. The number of nitrogens with one attached hydrogen (secondary N) is 1. The van der Waals surface area contributed by atoms with Crippen molar-refractivity contribution >= 4 is 11.9 Å². The molecule has 2 heterocycles. The van der Waals surface area contributed by atoms with E-state index in [9.17, 15) is 14.7 Å². The Morgan fingerprint density at radius 3 is 3.00 bits per heavy atom. The second-order valence-corrected chi connectivity index (χ2v) is 6.18. The molecule has 0 spiro atoms. The number of rotatable bonds is 6. The average Bonchev–Trinajstić information content (AvgIpc) is 2.64. The lowest BCUT2D eigenvalue weighted by atomic mass is 9.99. The van der Waals surface area contributed by atoms with Gasteiger partial charge in [-0.1, -0.05) is 6.07 Å². The summed E-state index contributed by atoms with van der Waals surface area (Å²) in [5.74, 6) is 0.0104. The molecule has 2 N–H and O–H groups in total. The van der Waals surface area contributed by atoms with E-state index in [2.05, 4.69) is 10.3 Å². The molecule has 3 amide bonds. The average molecular weight is 334 g/mol. The molecule has 0 saturated carbocycles. The summed E-state index contributed by atoms with van der Waals surface area (Å²) in [5, 5.41) is 11.9. The van der Waals surface area contributed by atoms with Crippen LogP contribution in [0.15, 0.2) is 24.4 Å². The number of aromatic nitrogens is 1. The number of piperidine rings is 1. The van der Waals surface area contributed by atoms with Gasteiger partial charge in [-0.15, -0.1) is 0 Å². The number of pyridine rings is 1. The number of urea groups is 1. The van der Waals surface area contributed by atoms with Gasteiger partial charge in [0.2, 0.25) is 5.91 Å². The largest absolute Gasteiger partial charge is 0.396 e. The SMILES string of the molecule is CN(CCc1ccccn1)C(=O)CNC(=O)N1CCCC(CO)C1. The van der Waals surface area contributed by atoms with Crippen molar-refractivity contribution in [2.45, 2.75) is 19.3 Å². The molecular weight excluding hydrogens is 308 g/mol. The normalized spacial score (nSPS) is 17.4. The Labute approximate surface area is 142 Å². The van der Waals surface area contributed by atoms with Crippen LogP contribution in [0.2, 0.25) is 0 Å². The van der Waals surface area contributed by atoms with E-state index in [0.29, 0.717) is 26.1 Å². The maximum atomic E-state index is 12.1. The van der Waals surface area contributed by atoms with Gasteiger partial charge in [0.15, 0.2) is 0 Å². The topological polar surface area (TPSA) is 85.8 Å². The zero-order chi connectivity index (χ0) is 17.4. The van der Waals surface area contributed by atoms with Crippen LogP contribution in [-0.2, 0) is 11.2 Å². The van der Waals surface area contributed by atoms with E-state index >= 15 is 0 Å². The van der Waals surface area contributed by atoms with Gasteiger partial charge in [0.1, 0.15) is 0 Å². The fourth-order valence-electron chi connectivity index (χ4n) is 2.75. The molecule has 1 unspecified atom stereocenters. The molecular formula is C17H26N4O3. The third-order valence-corrected chi connectivity index (χ3v) is 4.31. The molecule has 1 aromatic heterocycles. The van der Waals surface area contributed by atoms with E-state index in [1.807, 2.05) is 18.2 Å². The molecule has 0 aromatic carbocycles. The van der Waals surface area contributed by atoms with Crippen molar-refractivity contribution in [1.82, 2.24) is 20.1 Å². The van der Waals surface area contributed by atoms with Crippen molar-refractivity contribution < 1.29 is 14.7 Å². The van der Waals surface area contributed by atoms with Crippen LogP contribution in [0.3, 0.4) is 0 Å². The van der Waals surface area contributed by atoms with Gasteiger partial charge in [0.05, 0.1) is 6.54 Å². The number of nitrogens with zero attached hydrogens (tertiary/aromatic N) is 3. The first kappa shape index (κ1) is 18.2. The molecule has 1 aliphatic heterocycles. The smallest absolute Gasteiger partial charge is 0.317 e. The highest BCUT2D eigenvalue weighted by molar-refractivity contribution is 5.83. The van der Waals surface area contributed by atoms with Gasteiger partial charge in [-0.3, -0.25) is 9.78 Å². The second kappa shape index (κ2) is 9.22. The standard InChI is InChI=1S/C17H26N4O3/c1-20(10-7-15-6-2-3-8-18-15)16(23)11-19-17(24)21-9-4-5-14(12-21)13-22/h2-3,6,8,14,22H,4-5,7,9-13H2,1H3,(H,19,24). The number of carbonyl (C=O) groups is 2. The zero-order valence-electron chi connectivity index (χ0n) is 14.1. The van der Waals surface area contributed by atoms with E-state index in [0.717, 1.165) is 18.5 Å². The van der Waals surface area contributed by atoms with Crippen molar-refractivity contribution in [1.29, 1.82) is 0 Å². The van der Waals surface area contributed by atoms with Gasteiger partial charge in [-0.05, 0) is 30.9 Å². The summed E-state index contributed by atoms with van der Waals surface area (Å²) in [6.45, 7) is 1.86. The van der Waals surface area contributed by atoms with Crippen LogP contribution in [0.25, 0.3) is 0 Å². The Balaban J connectivity index is 1.70. The quantitative estimate of drug-likeness (QED) is 0.793. The summed E-state index contributed by atoms with van der Waals surface area (Å²) >= 11 is 0. The van der Waals surface area contributed by atoms with Crippen molar-refractivity contribution in [2.75, 3.05) is 39.8 Å². The Morgan fingerprint density at radius 2 is 2.29 bits per heavy atom. The summed E-state index contributed by atoms with van der Waals surface area (Å²) in [6.07, 6.45) is 4.24. The third-order valence-electron chi connectivity index (χ3n) is 4.31. The number of aliphatic hydroxyl groups excluding tert-OH is 1. The maximum Gasteiger partial charge on any atom is 0.317 e. The maximum absolute atomic E-state index is 12.1. The number of likely N-dealkylation sites (tertiary alicyclic amines) is 1. The molecule has 0 radical (unpaired) electrons. The van der Waals surface area contributed by atoms with Crippen LogP contribution in [0.5, 0.6) is 0 Å². The van der Waals surface area contributed by atoms with Gasteiger partial charge in [-0.2, -0.15) is 0 Å². The lowest BCUT2D eigenvalue weighted by Gasteiger charge is -2.31. The summed E-state index contributed by atoms with van der Waals surface area (Å²) in [7, 11) is 1.72. The highest BCUT2D eigenvalue weighted by Crippen LogP contribution is 2.15. The van der Waals surface area contributed by atoms with Crippen molar-refractivity contribution in [3.05, 3.63) is 30.1 Å². The van der Waals surface area contributed by atoms with Crippen LogP contribution in [0.1, 0.15) is 18.5 Å². The molecule has 2 rings (SSSR count). The highest BCUT2D eigenvalue weighted by Gasteiger charge is 2.23. The molecule has 1 atom stereocenters. The Hall–Kier alpha value is -2.15. The molecule has 7 heteroatoms. The molecule has 1 saturated heterocycles. The van der Waals surface area contributed by atoms with E-state index < -0.39 is 0 Å². The molecule has 1 aliphatic rings. The minimum atomic E-state index is -0.236. The molecule has 24 heavy (non-hydrogen) atoms. The van der Waals surface area contributed by atoms with Gasteiger partial charge < -0.3 is 20.2 Å². The van der Waals surface area contributed by atoms with Crippen LogP contribution >= 0.6 is 0 Å². The number of amides is 3. The summed E-state index contributed by atoms with van der Waals surface area (Å²) < 4.78 is 0. The molecule has 1 aromatic rings. The van der Waals surface area contributed by atoms with Gasteiger partial charge >= 0.3 is 6.03 Å². The first-order chi connectivity index (χ1) is 11.6. The van der Waals surface area contributed by atoms with E-state index in [1.165, 1.54) is 0 Å². The van der Waals surface area contributed by atoms with Crippen LogP contribution in [0.4, 0.5) is 4.79 Å². The van der Waals surface area contributed by atoms with Gasteiger partial charge in [-0.25, -0.2) is 4.79 Å².